The summed E-state index contributed by atoms with van der Waals surface area (Å²) in [4.78, 5) is 7.82. The first-order chi connectivity index (χ1) is 16.5. The van der Waals surface area contributed by atoms with Crippen molar-refractivity contribution in [2.45, 2.75) is 39.0 Å². The Morgan fingerprint density at radius 1 is 1.06 bits per heavy atom. The summed E-state index contributed by atoms with van der Waals surface area (Å²) in [5, 5.41) is 15.1. The van der Waals surface area contributed by atoms with Crippen molar-refractivity contribution >= 4 is 5.71 Å². The van der Waals surface area contributed by atoms with Gasteiger partial charge >= 0.3 is 0 Å². The monoisotopic (exact) mass is 462 g/mol. The maximum absolute atomic E-state index is 13.8. The number of ether oxygens (including phenoxy) is 1. The van der Waals surface area contributed by atoms with Crippen LogP contribution in [0.3, 0.4) is 0 Å². The van der Waals surface area contributed by atoms with Crippen LogP contribution in [0.15, 0.2) is 78.0 Å². The predicted molar refractivity (Wildman–Crippen MR) is 132 cm³/mol. The van der Waals surface area contributed by atoms with E-state index >= 15 is 0 Å². The van der Waals surface area contributed by atoms with Crippen molar-refractivity contribution in [2.75, 3.05) is 19.7 Å². The van der Waals surface area contributed by atoms with Crippen LogP contribution in [-0.4, -0.2) is 47.6 Å². The van der Waals surface area contributed by atoms with Gasteiger partial charge in [-0.15, -0.1) is 0 Å². The molecule has 6 heteroatoms. The molecule has 5 nitrogen and oxygen atoms in total. The summed E-state index contributed by atoms with van der Waals surface area (Å²) in [6, 6.07) is 22.4. The van der Waals surface area contributed by atoms with Gasteiger partial charge in [0.1, 0.15) is 30.4 Å². The number of nitrogens with zero attached hydrogens (tertiary/aromatic N) is 2. The van der Waals surface area contributed by atoms with E-state index in [1.807, 2.05) is 49.4 Å². The second kappa shape index (κ2) is 11.3. The van der Waals surface area contributed by atoms with Crippen LogP contribution in [0.1, 0.15) is 28.7 Å². The van der Waals surface area contributed by atoms with Crippen LogP contribution in [0.2, 0.25) is 0 Å². The van der Waals surface area contributed by atoms with Crippen molar-refractivity contribution < 1.29 is 19.1 Å². The molecule has 4 rings (SSSR count). The minimum atomic E-state index is -0.716. The van der Waals surface area contributed by atoms with Gasteiger partial charge in [0.05, 0.1) is 5.71 Å². The number of aliphatic hydroxyl groups excluding tert-OH is 1. The van der Waals surface area contributed by atoms with E-state index in [0.717, 1.165) is 33.7 Å². The molecule has 0 radical (unpaired) electrons. The Labute approximate surface area is 200 Å². The molecule has 0 bridgehead atoms. The zero-order valence-electron chi connectivity index (χ0n) is 19.7. The minimum Gasteiger partial charge on any atom is -0.491 e. The summed E-state index contributed by atoms with van der Waals surface area (Å²) < 4.78 is 19.6. The van der Waals surface area contributed by atoms with E-state index in [0.29, 0.717) is 26.1 Å². The lowest BCUT2D eigenvalue weighted by atomic mass is 10.00. The Kier molecular flexibility index (Phi) is 7.93. The zero-order chi connectivity index (χ0) is 23.9. The summed E-state index contributed by atoms with van der Waals surface area (Å²) in [6.07, 6.45) is -0.181. The number of hydrogen-bond acceptors (Lipinski definition) is 5. The van der Waals surface area contributed by atoms with Gasteiger partial charge in [-0.25, -0.2) is 4.39 Å². The number of rotatable bonds is 10. The van der Waals surface area contributed by atoms with Crippen molar-refractivity contribution in [2.24, 2.45) is 5.16 Å². The Hall–Kier alpha value is -3.22. The first-order valence-corrected chi connectivity index (χ1v) is 11.6. The van der Waals surface area contributed by atoms with Crippen LogP contribution in [0, 0.1) is 19.7 Å². The average Bonchev–Trinajstić information content (AvgIpc) is 3.27. The predicted octanol–water partition coefficient (Wildman–Crippen LogP) is 4.88. The highest BCUT2D eigenvalue weighted by molar-refractivity contribution is 6.02. The summed E-state index contributed by atoms with van der Waals surface area (Å²) in [7, 11) is 0. The molecule has 1 aliphatic heterocycles. The van der Waals surface area contributed by atoms with Crippen molar-refractivity contribution in [3.05, 3.63) is 101 Å². The van der Waals surface area contributed by atoms with Crippen LogP contribution < -0.4 is 4.74 Å². The van der Waals surface area contributed by atoms with Crippen LogP contribution >= 0.6 is 0 Å². The van der Waals surface area contributed by atoms with Gasteiger partial charge in [0, 0.05) is 31.6 Å². The second-order valence-corrected chi connectivity index (χ2v) is 8.84. The number of aliphatic hydroxyl groups is 1. The molecule has 0 aliphatic carbocycles. The molecule has 0 saturated carbocycles. The largest absolute Gasteiger partial charge is 0.491 e. The average molecular weight is 463 g/mol. The van der Waals surface area contributed by atoms with Crippen LogP contribution in [0.5, 0.6) is 5.75 Å². The first kappa shape index (κ1) is 23.9. The maximum atomic E-state index is 13.8. The Bertz CT molecular complexity index is 1130. The van der Waals surface area contributed by atoms with Gasteiger partial charge < -0.3 is 14.7 Å². The lowest BCUT2D eigenvalue weighted by molar-refractivity contribution is 0.0212. The molecule has 0 spiro atoms. The highest BCUT2D eigenvalue weighted by atomic mass is 19.1. The molecular weight excluding hydrogens is 431 g/mol. The van der Waals surface area contributed by atoms with E-state index in [1.54, 1.807) is 6.07 Å². The lowest BCUT2D eigenvalue weighted by Crippen LogP contribution is -2.39. The minimum absolute atomic E-state index is 0.146. The molecule has 0 saturated heterocycles. The molecule has 0 unspecified atom stereocenters. The van der Waals surface area contributed by atoms with Gasteiger partial charge in [-0.1, -0.05) is 59.8 Å². The topological polar surface area (TPSA) is 54.3 Å². The number of hydrogen-bond donors (Lipinski definition) is 1. The molecule has 178 valence electrons. The summed E-state index contributed by atoms with van der Waals surface area (Å²) in [5.74, 6) is 0.483. The molecule has 0 amide bonds. The summed E-state index contributed by atoms with van der Waals surface area (Å²) in [5.41, 5.74) is 5.04. The molecule has 1 heterocycles. The molecular formula is C28H31FN2O3. The van der Waals surface area contributed by atoms with Crippen molar-refractivity contribution in [1.82, 2.24) is 4.90 Å². The number of benzene rings is 3. The number of aryl methyl sites for hydroxylation is 2. The highest BCUT2D eigenvalue weighted by Gasteiger charge is 2.26. The number of halogens is 1. The number of para-hydroxylation sites is 1. The van der Waals surface area contributed by atoms with E-state index in [1.165, 1.54) is 12.1 Å². The fraction of sp³-hybridized carbons (Fsp3) is 0.321. The molecule has 0 aromatic heterocycles. The summed E-state index contributed by atoms with van der Waals surface area (Å²) in [6.45, 7) is 5.60. The molecule has 34 heavy (non-hydrogen) atoms. The van der Waals surface area contributed by atoms with Gasteiger partial charge in [-0.2, -0.15) is 0 Å². The van der Waals surface area contributed by atoms with Gasteiger partial charge in [-0.3, -0.25) is 4.90 Å². The Morgan fingerprint density at radius 2 is 1.82 bits per heavy atom. The third-order valence-electron chi connectivity index (χ3n) is 5.94. The van der Waals surface area contributed by atoms with Crippen LogP contribution in [0.4, 0.5) is 4.39 Å². The first-order valence-electron chi connectivity index (χ1n) is 11.6. The Balaban J connectivity index is 1.40. The maximum Gasteiger partial charge on any atom is 0.145 e. The molecule has 0 fully saturated rings. The smallest absolute Gasteiger partial charge is 0.145 e. The second-order valence-electron chi connectivity index (χ2n) is 8.84. The van der Waals surface area contributed by atoms with E-state index in [9.17, 15) is 9.50 Å². The molecule has 1 aliphatic rings. The fourth-order valence-electron chi connectivity index (χ4n) is 4.22. The van der Waals surface area contributed by atoms with Crippen molar-refractivity contribution in [1.29, 1.82) is 0 Å². The number of oxime groups is 1. The Morgan fingerprint density at radius 3 is 2.59 bits per heavy atom. The van der Waals surface area contributed by atoms with Crippen molar-refractivity contribution in [3.8, 4) is 5.75 Å². The molecule has 1 N–H and O–H groups in total. The quantitative estimate of drug-likeness (QED) is 0.467. The third-order valence-corrected chi connectivity index (χ3v) is 5.94. The SMILES string of the molecule is Cc1ccccc1OC[C@@H](O)CN(Cc1cccc(F)c1)C[C@H]1CC(c2ccccc2C)=NO1. The summed E-state index contributed by atoms with van der Waals surface area (Å²) >= 11 is 0. The van der Waals surface area contributed by atoms with Gasteiger partial charge in [0.25, 0.3) is 0 Å². The van der Waals surface area contributed by atoms with Gasteiger partial charge in [-0.05, 0) is 48.7 Å². The fourth-order valence-corrected chi connectivity index (χ4v) is 4.22. The van der Waals surface area contributed by atoms with Crippen molar-refractivity contribution in [3.63, 3.8) is 0 Å². The van der Waals surface area contributed by atoms with E-state index in [-0.39, 0.29) is 18.5 Å². The van der Waals surface area contributed by atoms with E-state index in [4.69, 9.17) is 9.57 Å². The van der Waals surface area contributed by atoms with Crippen LogP contribution in [0.25, 0.3) is 0 Å². The lowest BCUT2D eigenvalue weighted by Gasteiger charge is -2.27. The van der Waals surface area contributed by atoms with Gasteiger partial charge in [0.2, 0.25) is 0 Å². The van der Waals surface area contributed by atoms with Crippen LogP contribution in [-0.2, 0) is 11.4 Å². The molecule has 2 atom stereocenters. The normalized spacial score (nSPS) is 16.3. The van der Waals surface area contributed by atoms with E-state index in [2.05, 4.69) is 29.1 Å². The molecule has 3 aromatic carbocycles. The standard InChI is InChI=1S/C28H31FN2O3/c1-20-8-3-5-12-26(20)27-15-25(34-30-27)18-31(16-22-10-7-11-23(29)14-22)17-24(32)19-33-28-13-6-4-9-21(28)2/h3-14,24-25,32H,15-19H2,1-2H3/t24-,25+/m0/s1. The third kappa shape index (κ3) is 6.43. The highest BCUT2D eigenvalue weighted by Crippen LogP contribution is 2.21. The van der Waals surface area contributed by atoms with Gasteiger partial charge in [0.15, 0.2) is 0 Å². The van der Waals surface area contributed by atoms with E-state index < -0.39 is 6.10 Å². The zero-order valence-corrected chi connectivity index (χ0v) is 19.7. The molecule has 3 aromatic rings.